The van der Waals surface area contributed by atoms with Gasteiger partial charge in [-0.15, -0.1) is 0 Å². The molecule has 2 atom stereocenters. The van der Waals surface area contributed by atoms with Gasteiger partial charge in [0.1, 0.15) is 12.6 Å². The van der Waals surface area contributed by atoms with Gasteiger partial charge >= 0.3 is 0 Å². The van der Waals surface area contributed by atoms with Crippen LogP contribution in [0.25, 0.3) is 0 Å². The first-order chi connectivity index (χ1) is 17.7. The molecule has 2 aromatic rings. The summed E-state index contributed by atoms with van der Waals surface area (Å²) in [6, 6.07) is 10.8. The van der Waals surface area contributed by atoms with Crippen LogP contribution in [0.1, 0.15) is 52.1 Å². The molecule has 0 spiro atoms. The number of nitrogens with one attached hydrogen (secondary N) is 3. The molecule has 3 N–H and O–H groups in total. The molecule has 0 radical (unpaired) electrons. The third-order valence-corrected chi connectivity index (χ3v) is 6.72. The Balaban J connectivity index is 1.37. The monoisotopic (exact) mass is 494 g/mol. The lowest BCUT2D eigenvalue weighted by molar-refractivity contribution is 0.0319. The predicted octanol–water partition coefficient (Wildman–Crippen LogP) is 2.47. The van der Waals surface area contributed by atoms with E-state index in [-0.39, 0.29) is 18.0 Å². The molecule has 3 heterocycles. The molecule has 36 heavy (non-hydrogen) atoms. The van der Waals surface area contributed by atoms with E-state index in [1.807, 2.05) is 24.3 Å². The zero-order valence-corrected chi connectivity index (χ0v) is 20.4. The highest BCUT2D eigenvalue weighted by Gasteiger charge is 2.25. The highest BCUT2D eigenvalue weighted by atomic mass is 16.5. The van der Waals surface area contributed by atoms with Gasteiger partial charge in [0.2, 0.25) is 5.88 Å². The van der Waals surface area contributed by atoms with E-state index in [9.17, 15) is 4.79 Å². The fourth-order valence-corrected chi connectivity index (χ4v) is 4.50. The average Bonchev–Trinajstić information content (AvgIpc) is 3.74. The molecule has 1 aromatic carbocycles. The summed E-state index contributed by atoms with van der Waals surface area (Å²) in [5.74, 6) is 0.403. The van der Waals surface area contributed by atoms with Crippen molar-refractivity contribution >= 4 is 5.91 Å². The van der Waals surface area contributed by atoms with Crippen LogP contribution in [0, 0.1) is 5.53 Å². The largest absolute Gasteiger partial charge is 0.476 e. The molecule has 1 aromatic heterocycles. The van der Waals surface area contributed by atoms with Crippen LogP contribution in [0.3, 0.4) is 0 Å². The first-order valence-corrected chi connectivity index (χ1v) is 12.7. The number of benzene rings is 1. The summed E-state index contributed by atoms with van der Waals surface area (Å²) in [4.78, 5) is 19.7. The Morgan fingerprint density at radius 1 is 1.22 bits per heavy atom. The molecule has 2 saturated heterocycles. The predicted molar refractivity (Wildman–Crippen MR) is 132 cm³/mol. The number of hydrogen-bond donors (Lipinski definition) is 3. The van der Waals surface area contributed by atoms with Gasteiger partial charge in [-0.1, -0.05) is 12.1 Å². The number of carbonyl (C=O) groups is 1. The van der Waals surface area contributed by atoms with Crippen molar-refractivity contribution < 1.29 is 19.0 Å². The van der Waals surface area contributed by atoms with Crippen LogP contribution in [0.15, 0.2) is 41.5 Å². The van der Waals surface area contributed by atoms with Crippen molar-refractivity contribution in [2.24, 2.45) is 5.11 Å². The van der Waals surface area contributed by atoms with E-state index in [1.54, 1.807) is 12.1 Å². The van der Waals surface area contributed by atoms with E-state index in [2.05, 4.69) is 20.6 Å². The zero-order valence-electron chi connectivity index (χ0n) is 20.4. The Kier molecular flexibility index (Phi) is 8.17. The molecular formula is C26H34N6O4. The number of rotatable bonds is 10. The minimum Gasteiger partial charge on any atom is -0.476 e. The van der Waals surface area contributed by atoms with E-state index in [4.69, 9.17) is 24.7 Å². The summed E-state index contributed by atoms with van der Waals surface area (Å²) < 4.78 is 17.2. The summed E-state index contributed by atoms with van der Waals surface area (Å²) in [6.45, 7) is 6.58. The van der Waals surface area contributed by atoms with Gasteiger partial charge in [-0.3, -0.25) is 9.69 Å². The van der Waals surface area contributed by atoms with Gasteiger partial charge in [0.25, 0.3) is 5.91 Å². The van der Waals surface area contributed by atoms with Gasteiger partial charge < -0.3 is 24.8 Å². The van der Waals surface area contributed by atoms with Crippen LogP contribution in [0.4, 0.5) is 0 Å². The molecule has 5 rings (SSSR count). The quantitative estimate of drug-likeness (QED) is 0.434. The van der Waals surface area contributed by atoms with Crippen LogP contribution in [0.2, 0.25) is 0 Å². The van der Waals surface area contributed by atoms with E-state index >= 15 is 0 Å². The summed E-state index contributed by atoms with van der Waals surface area (Å²) >= 11 is 0. The van der Waals surface area contributed by atoms with Gasteiger partial charge in [-0.2, -0.15) is 5.11 Å². The number of carbonyl (C=O) groups excluding carboxylic acids is 1. The summed E-state index contributed by atoms with van der Waals surface area (Å²) in [5.41, 5.74) is 10.9. The number of nitrogens with zero attached hydrogens (tertiary/aromatic N) is 3. The minimum atomic E-state index is -0.648. The molecule has 2 unspecified atom stereocenters. The highest BCUT2D eigenvalue weighted by molar-refractivity contribution is 5.94. The first kappa shape index (κ1) is 24.8. The lowest BCUT2D eigenvalue weighted by atomic mass is 9.98. The zero-order chi connectivity index (χ0) is 24.7. The second-order valence-corrected chi connectivity index (χ2v) is 9.45. The number of aromatic nitrogens is 1. The normalized spacial score (nSPS) is 21.5. The topological polar surface area (TPSA) is 121 Å². The van der Waals surface area contributed by atoms with Crippen molar-refractivity contribution in [2.45, 2.75) is 31.0 Å². The summed E-state index contributed by atoms with van der Waals surface area (Å²) in [5, 5.41) is 10.4. The van der Waals surface area contributed by atoms with Crippen LogP contribution in [-0.4, -0.2) is 81.0 Å². The summed E-state index contributed by atoms with van der Waals surface area (Å²) in [6.07, 6.45) is 2.06. The Bertz CT molecular complexity index is 1050. The summed E-state index contributed by atoms with van der Waals surface area (Å²) in [7, 11) is 0. The first-order valence-electron chi connectivity index (χ1n) is 12.7. The fourth-order valence-electron chi connectivity index (χ4n) is 4.50. The third kappa shape index (κ3) is 6.44. The SMILES string of the molecule is N=NC(c1cccc(C(=O)NC2CC2)c1)c1cc(C2COCCN2)cc(OCCN2CCOCC2)n1. The molecular weight excluding hydrogens is 460 g/mol. The number of hydrogen-bond acceptors (Lipinski definition) is 9. The van der Waals surface area contributed by atoms with Crippen molar-refractivity contribution in [2.75, 3.05) is 59.2 Å². The Morgan fingerprint density at radius 2 is 2.08 bits per heavy atom. The maximum Gasteiger partial charge on any atom is 0.251 e. The molecule has 1 saturated carbocycles. The Morgan fingerprint density at radius 3 is 2.83 bits per heavy atom. The minimum absolute atomic E-state index is 0.00382. The maximum atomic E-state index is 12.6. The van der Waals surface area contributed by atoms with Crippen molar-refractivity contribution in [3.63, 3.8) is 0 Å². The Hall–Kier alpha value is -2.92. The van der Waals surface area contributed by atoms with Gasteiger partial charge in [-0.25, -0.2) is 10.5 Å². The fraction of sp³-hybridized carbons (Fsp3) is 0.538. The van der Waals surface area contributed by atoms with Gasteiger partial charge in [0.05, 0.1) is 38.2 Å². The second-order valence-electron chi connectivity index (χ2n) is 9.45. The molecule has 10 nitrogen and oxygen atoms in total. The van der Waals surface area contributed by atoms with E-state index < -0.39 is 6.04 Å². The molecule has 1 amide bonds. The molecule has 3 fully saturated rings. The van der Waals surface area contributed by atoms with Crippen LogP contribution < -0.4 is 15.4 Å². The van der Waals surface area contributed by atoms with Crippen molar-refractivity contribution in [1.29, 1.82) is 5.53 Å². The smallest absolute Gasteiger partial charge is 0.251 e. The van der Waals surface area contributed by atoms with Crippen LogP contribution in [0.5, 0.6) is 5.88 Å². The van der Waals surface area contributed by atoms with Crippen LogP contribution >= 0.6 is 0 Å². The molecule has 0 bridgehead atoms. The number of amides is 1. The van der Waals surface area contributed by atoms with Crippen molar-refractivity contribution in [3.05, 3.63) is 58.8 Å². The van der Waals surface area contributed by atoms with E-state index in [0.717, 1.165) is 63.4 Å². The lowest BCUT2D eigenvalue weighted by Gasteiger charge is -2.27. The van der Waals surface area contributed by atoms with Gasteiger partial charge in [-0.05, 0) is 42.2 Å². The number of ether oxygens (including phenoxy) is 3. The maximum absolute atomic E-state index is 12.6. The second kappa shape index (κ2) is 11.9. The number of morpholine rings is 2. The molecule has 10 heteroatoms. The van der Waals surface area contributed by atoms with E-state index in [1.165, 1.54) is 0 Å². The van der Waals surface area contributed by atoms with Crippen LogP contribution in [-0.2, 0) is 9.47 Å². The van der Waals surface area contributed by atoms with Crippen molar-refractivity contribution in [1.82, 2.24) is 20.5 Å². The van der Waals surface area contributed by atoms with E-state index in [0.29, 0.717) is 37.0 Å². The number of pyridine rings is 1. The molecule has 3 aliphatic rings. The standard InChI is InChI=1S/C26H34N6O4/c27-31-25(18-2-1-3-19(14-18)26(33)29-21-4-5-21)22-15-20(23-17-35-10-6-28-23)16-24(30-22)36-13-9-32-7-11-34-12-8-32/h1-3,14-16,21,23,25,27-28H,4-13,17H2,(H,29,33). The highest BCUT2D eigenvalue weighted by Crippen LogP contribution is 2.30. The molecule has 2 aliphatic heterocycles. The molecule has 1 aliphatic carbocycles. The third-order valence-electron chi connectivity index (χ3n) is 6.72. The van der Waals surface area contributed by atoms with Crippen molar-refractivity contribution in [3.8, 4) is 5.88 Å². The van der Waals surface area contributed by atoms with Gasteiger partial charge in [0, 0.05) is 43.9 Å². The van der Waals surface area contributed by atoms with Gasteiger partial charge in [0.15, 0.2) is 0 Å². The average molecular weight is 495 g/mol. The Labute approximate surface area is 211 Å². The molecule has 192 valence electrons. The lowest BCUT2D eigenvalue weighted by Crippen LogP contribution is -2.38.